The minimum absolute atomic E-state index is 0.0495. The maximum atomic E-state index is 12.8. The lowest BCUT2D eigenvalue weighted by Crippen LogP contribution is -2.30. The highest BCUT2D eigenvalue weighted by Crippen LogP contribution is 2.14. The smallest absolute Gasteiger partial charge is 0.306 e. The van der Waals surface area contributed by atoms with Gasteiger partial charge < -0.3 is 14.2 Å². The second-order valence-corrected chi connectivity index (χ2v) is 17.7. The van der Waals surface area contributed by atoms with Crippen LogP contribution in [-0.4, -0.2) is 37.9 Å². The molecular weight excluding hydrogens is 789 g/mol. The van der Waals surface area contributed by atoms with E-state index in [9.17, 15) is 9.59 Å². The van der Waals surface area contributed by atoms with Gasteiger partial charge >= 0.3 is 11.9 Å². The number of esters is 2. The van der Waals surface area contributed by atoms with Crippen LogP contribution in [0.5, 0.6) is 0 Å². The third-order valence-electron chi connectivity index (χ3n) is 11.4. The molecule has 0 radical (unpaired) electrons. The van der Waals surface area contributed by atoms with E-state index >= 15 is 0 Å². The van der Waals surface area contributed by atoms with Crippen LogP contribution >= 0.6 is 0 Å². The molecule has 1 unspecified atom stereocenters. The lowest BCUT2D eigenvalue weighted by molar-refractivity contribution is -0.162. The van der Waals surface area contributed by atoms with Crippen LogP contribution in [0.4, 0.5) is 0 Å². The molecule has 5 nitrogen and oxygen atoms in total. The van der Waals surface area contributed by atoms with Crippen molar-refractivity contribution in [3.05, 3.63) is 85.1 Å². The number of hydrogen-bond acceptors (Lipinski definition) is 5. The predicted molar refractivity (Wildman–Crippen MR) is 279 cm³/mol. The summed E-state index contributed by atoms with van der Waals surface area (Å²) < 4.78 is 17.4. The van der Waals surface area contributed by atoms with Crippen molar-refractivity contribution in [1.29, 1.82) is 0 Å². The first-order chi connectivity index (χ1) is 31.6. The van der Waals surface area contributed by atoms with Crippen molar-refractivity contribution in [2.45, 2.75) is 258 Å². The van der Waals surface area contributed by atoms with Crippen molar-refractivity contribution in [3.8, 4) is 0 Å². The molecule has 0 aliphatic heterocycles. The second kappa shape index (κ2) is 54.4. The van der Waals surface area contributed by atoms with E-state index in [1.807, 2.05) is 6.08 Å². The lowest BCUT2D eigenvalue weighted by atomic mass is 10.1. The Balaban J connectivity index is 4.34. The van der Waals surface area contributed by atoms with Gasteiger partial charge in [0.15, 0.2) is 6.10 Å². The number of rotatable bonds is 49. The van der Waals surface area contributed by atoms with Crippen molar-refractivity contribution in [2.24, 2.45) is 0 Å². The predicted octanol–water partition coefficient (Wildman–Crippen LogP) is 18.5. The molecule has 0 saturated heterocycles. The Morgan fingerprint density at radius 1 is 0.359 bits per heavy atom. The van der Waals surface area contributed by atoms with Crippen LogP contribution in [0.1, 0.15) is 252 Å². The number of ether oxygens (including phenoxy) is 3. The average Bonchev–Trinajstić information content (AvgIpc) is 3.30. The van der Waals surface area contributed by atoms with E-state index in [-0.39, 0.29) is 25.2 Å². The second-order valence-electron chi connectivity index (χ2n) is 17.7. The van der Waals surface area contributed by atoms with E-state index in [4.69, 9.17) is 14.2 Å². The van der Waals surface area contributed by atoms with Crippen molar-refractivity contribution >= 4 is 11.9 Å². The van der Waals surface area contributed by atoms with Gasteiger partial charge in [0.25, 0.3) is 0 Å². The van der Waals surface area contributed by atoms with Gasteiger partial charge in [-0.2, -0.15) is 0 Å². The fourth-order valence-electron chi connectivity index (χ4n) is 7.37. The molecule has 0 aromatic heterocycles. The average molecular weight is 891 g/mol. The quantitative estimate of drug-likeness (QED) is 0.0346. The molecule has 0 rings (SSSR count). The molecule has 368 valence electrons. The molecule has 5 heteroatoms. The SMILES string of the molecule is CC/C=C\C/C=C\C/C=C\C/C=C\CCC(=O)OC(COCCCCCCCCCC/C=C\C/C=C\CCCCC)COC(=O)CCCCCCCCC/C=C\CCCCCCCC. The number of unbranched alkanes of at least 4 members (excludes halogenated alkanes) is 24. The van der Waals surface area contributed by atoms with Crippen LogP contribution in [0, 0.1) is 0 Å². The summed E-state index contributed by atoms with van der Waals surface area (Å²) in [4.78, 5) is 25.4. The summed E-state index contributed by atoms with van der Waals surface area (Å²) in [5.41, 5.74) is 0. The summed E-state index contributed by atoms with van der Waals surface area (Å²) >= 11 is 0. The van der Waals surface area contributed by atoms with Gasteiger partial charge in [-0.05, 0) is 103 Å². The molecule has 0 spiro atoms. The zero-order valence-electron chi connectivity index (χ0n) is 42.3. The van der Waals surface area contributed by atoms with E-state index in [0.29, 0.717) is 25.9 Å². The first kappa shape index (κ1) is 61.1. The summed E-state index contributed by atoms with van der Waals surface area (Å²) in [5.74, 6) is -0.497. The summed E-state index contributed by atoms with van der Waals surface area (Å²) in [6.07, 6.45) is 71.8. The van der Waals surface area contributed by atoms with Crippen molar-refractivity contribution in [3.63, 3.8) is 0 Å². The zero-order valence-corrected chi connectivity index (χ0v) is 42.3. The highest BCUT2D eigenvalue weighted by molar-refractivity contribution is 5.70. The Kier molecular flexibility index (Phi) is 51.9. The highest BCUT2D eigenvalue weighted by atomic mass is 16.6. The number of carbonyl (C=O) groups excluding carboxylic acids is 2. The Morgan fingerprint density at radius 3 is 1.23 bits per heavy atom. The largest absolute Gasteiger partial charge is 0.462 e. The zero-order chi connectivity index (χ0) is 46.3. The maximum Gasteiger partial charge on any atom is 0.306 e. The first-order valence-corrected chi connectivity index (χ1v) is 27.1. The molecule has 0 aromatic carbocycles. The maximum absolute atomic E-state index is 12.8. The summed E-state index contributed by atoms with van der Waals surface area (Å²) in [6.45, 7) is 7.60. The topological polar surface area (TPSA) is 61.8 Å². The number of carbonyl (C=O) groups is 2. The molecule has 0 aromatic rings. The first-order valence-electron chi connectivity index (χ1n) is 27.1. The van der Waals surface area contributed by atoms with E-state index < -0.39 is 6.10 Å². The molecule has 64 heavy (non-hydrogen) atoms. The molecule has 1 atom stereocenters. The van der Waals surface area contributed by atoms with E-state index in [1.54, 1.807) is 0 Å². The number of allylic oxidation sites excluding steroid dienone is 14. The van der Waals surface area contributed by atoms with Gasteiger partial charge in [0.2, 0.25) is 0 Å². The Bertz CT molecular complexity index is 1190. The van der Waals surface area contributed by atoms with Gasteiger partial charge in [-0.25, -0.2) is 0 Å². The molecular formula is C59H102O5. The Labute approximate surface area is 397 Å². The van der Waals surface area contributed by atoms with Gasteiger partial charge in [-0.15, -0.1) is 0 Å². The Hall–Kier alpha value is -2.92. The third-order valence-corrected chi connectivity index (χ3v) is 11.4. The normalized spacial score (nSPS) is 12.9. The number of hydrogen-bond donors (Lipinski definition) is 0. The van der Waals surface area contributed by atoms with E-state index in [1.165, 1.54) is 148 Å². The standard InChI is InChI=1S/C59H102O5/c1-4-7-10-13-16-19-22-25-27-29-31-33-36-39-42-45-48-51-54-62-55-57(64-59(61)53-50-47-44-41-38-34-24-21-18-15-12-9-6-3)56-63-58(60)52-49-46-43-40-37-35-32-30-28-26-23-20-17-14-11-8-5-2/h9,12,16,18-19,21,25-28,34,38,44,47,57H,4-8,10-11,13-15,17,20,22-24,29-33,35-37,39-43,45-46,48-56H2,1-3H3/b12-9-,19-16-,21-18-,27-25-,28-26-,38-34-,47-44-. The molecule has 0 bridgehead atoms. The van der Waals surface area contributed by atoms with Gasteiger partial charge in [-0.3, -0.25) is 9.59 Å². The summed E-state index contributed by atoms with van der Waals surface area (Å²) in [5, 5.41) is 0. The molecule has 0 N–H and O–H groups in total. The molecule has 0 aliphatic rings. The molecule has 0 aliphatic carbocycles. The van der Waals surface area contributed by atoms with Crippen LogP contribution in [0.2, 0.25) is 0 Å². The van der Waals surface area contributed by atoms with Crippen LogP contribution < -0.4 is 0 Å². The van der Waals surface area contributed by atoms with Gasteiger partial charge in [0.1, 0.15) is 6.61 Å². The van der Waals surface area contributed by atoms with Crippen molar-refractivity contribution in [2.75, 3.05) is 19.8 Å². The van der Waals surface area contributed by atoms with Gasteiger partial charge in [0.05, 0.1) is 6.61 Å². The fourth-order valence-corrected chi connectivity index (χ4v) is 7.37. The van der Waals surface area contributed by atoms with Gasteiger partial charge in [0, 0.05) is 19.4 Å². The monoisotopic (exact) mass is 891 g/mol. The summed E-state index contributed by atoms with van der Waals surface area (Å²) in [7, 11) is 0. The van der Waals surface area contributed by atoms with Crippen molar-refractivity contribution in [1.82, 2.24) is 0 Å². The molecule has 0 fully saturated rings. The molecule has 0 amide bonds. The fraction of sp³-hybridized carbons (Fsp3) is 0.729. The third kappa shape index (κ3) is 51.7. The lowest BCUT2D eigenvalue weighted by Gasteiger charge is -2.18. The van der Waals surface area contributed by atoms with E-state index in [2.05, 4.69) is 99.8 Å². The summed E-state index contributed by atoms with van der Waals surface area (Å²) in [6, 6.07) is 0. The highest BCUT2D eigenvalue weighted by Gasteiger charge is 2.17. The minimum atomic E-state index is -0.582. The minimum Gasteiger partial charge on any atom is -0.462 e. The van der Waals surface area contributed by atoms with Crippen molar-refractivity contribution < 1.29 is 23.8 Å². The van der Waals surface area contributed by atoms with Crippen LogP contribution in [0.15, 0.2) is 85.1 Å². The Morgan fingerprint density at radius 2 is 0.734 bits per heavy atom. The van der Waals surface area contributed by atoms with Crippen LogP contribution in [0.3, 0.4) is 0 Å². The molecule has 0 saturated carbocycles. The molecule has 0 heterocycles. The van der Waals surface area contributed by atoms with Crippen LogP contribution in [0.25, 0.3) is 0 Å². The van der Waals surface area contributed by atoms with Crippen LogP contribution in [-0.2, 0) is 23.8 Å². The van der Waals surface area contributed by atoms with E-state index in [0.717, 1.165) is 64.2 Å². The van der Waals surface area contributed by atoms with Gasteiger partial charge in [-0.1, -0.05) is 221 Å².